The molecule has 2 aliphatic heterocycles. The Balaban J connectivity index is 0.932. The number of benzene rings is 1. The number of nitrogens with zero attached hydrogens (tertiary/aromatic N) is 8. The maximum atomic E-state index is 14.4. The number of aliphatic hydroxyl groups is 1. The van der Waals surface area contributed by atoms with Gasteiger partial charge in [0.2, 0.25) is 23.6 Å². The van der Waals surface area contributed by atoms with Gasteiger partial charge in [0, 0.05) is 84.1 Å². The van der Waals surface area contributed by atoms with Crippen molar-refractivity contribution in [1.82, 2.24) is 71.7 Å². The summed E-state index contributed by atoms with van der Waals surface area (Å²) in [5, 5.41) is 41.8. The molecule has 464 valence electrons. The second-order valence-electron chi connectivity index (χ2n) is 21.8. The Labute approximate surface area is 535 Å². The average molecular weight is 1320 g/mol. The number of carbonyl (C=O) groups excluding carboxylic acids is 7. The van der Waals surface area contributed by atoms with Crippen LogP contribution in [0.5, 0.6) is 0 Å². The van der Waals surface area contributed by atoms with E-state index in [4.69, 9.17) is 39.6 Å². The van der Waals surface area contributed by atoms with Gasteiger partial charge in [0.1, 0.15) is 82.2 Å². The summed E-state index contributed by atoms with van der Waals surface area (Å²) in [7, 11) is 2.95. The van der Waals surface area contributed by atoms with E-state index in [0.717, 1.165) is 24.4 Å². The van der Waals surface area contributed by atoms with Crippen LogP contribution in [0.2, 0.25) is 0 Å². The van der Waals surface area contributed by atoms with E-state index in [1.54, 1.807) is 53.4 Å². The monoisotopic (exact) mass is 1320 g/mol. The molecule has 0 radical (unpaired) electrons. The zero-order valence-corrected chi connectivity index (χ0v) is 53.8. The van der Waals surface area contributed by atoms with E-state index in [9.17, 15) is 38.7 Å². The number of fused-ring (bicyclic) bond motifs is 14. The fourth-order valence-electron chi connectivity index (χ4n) is 10.6. The molecule has 3 aliphatic rings. The van der Waals surface area contributed by atoms with E-state index in [1.165, 1.54) is 70.8 Å². The van der Waals surface area contributed by atoms with Crippen LogP contribution in [0.3, 0.4) is 0 Å². The Morgan fingerprint density at radius 3 is 2.13 bits per heavy atom. The van der Waals surface area contributed by atoms with Gasteiger partial charge in [0.15, 0.2) is 0 Å². The summed E-state index contributed by atoms with van der Waals surface area (Å²) < 4.78 is 5.46. The third kappa shape index (κ3) is 14.3. The molecule has 1 saturated carbocycles. The summed E-state index contributed by atoms with van der Waals surface area (Å²) in [5.41, 5.74) is 2.84. The van der Waals surface area contributed by atoms with Crippen LogP contribution in [0, 0.1) is 24.7 Å². The Bertz CT molecular complexity index is 3920. The summed E-state index contributed by atoms with van der Waals surface area (Å²) in [6.45, 7) is 7.94. The first-order chi connectivity index (χ1) is 43.0. The molecule has 30 heteroatoms. The minimum Gasteiger partial charge on any atom is -0.386 e. The topological polar surface area (TPSA) is 327 Å². The van der Waals surface area contributed by atoms with Crippen molar-refractivity contribution in [3.05, 3.63) is 111 Å². The van der Waals surface area contributed by atoms with Gasteiger partial charge in [-0.1, -0.05) is 44.2 Å². The number of piperazine rings is 1. The second kappa shape index (κ2) is 28.0. The number of thiazole rings is 6. The fourth-order valence-corrected chi connectivity index (χ4v) is 16.1. The Morgan fingerprint density at radius 2 is 1.38 bits per heavy atom. The summed E-state index contributed by atoms with van der Waals surface area (Å²) in [6, 6.07) is 9.61. The molecular weight excluding hydrogens is 1260 g/mol. The lowest BCUT2D eigenvalue weighted by atomic mass is 9.81. The van der Waals surface area contributed by atoms with Gasteiger partial charge < -0.3 is 52.0 Å². The van der Waals surface area contributed by atoms with Crippen molar-refractivity contribution in [2.45, 2.75) is 83.7 Å². The normalized spacial score (nSPS) is 19.8. The van der Waals surface area contributed by atoms with Crippen molar-refractivity contribution in [2.24, 2.45) is 17.8 Å². The van der Waals surface area contributed by atoms with Gasteiger partial charge in [-0.2, -0.15) is 0 Å². The van der Waals surface area contributed by atoms with Crippen molar-refractivity contribution >= 4 is 115 Å². The Kier molecular flexibility index (Phi) is 19.8. The Morgan fingerprint density at radius 1 is 0.685 bits per heavy atom. The van der Waals surface area contributed by atoms with Gasteiger partial charge in [-0.05, 0) is 56.2 Å². The van der Waals surface area contributed by atoms with Crippen molar-refractivity contribution in [3.63, 3.8) is 0 Å². The smallest absolute Gasteiger partial charge is 0.271 e. The minimum atomic E-state index is -1.27. The quantitative estimate of drug-likeness (QED) is 0.0622. The molecular formula is C59H63N15O9S6. The zero-order chi connectivity index (χ0) is 62.5. The number of hydrogen-bond acceptors (Lipinski definition) is 23. The summed E-state index contributed by atoms with van der Waals surface area (Å²) in [5.74, 6) is -3.08. The van der Waals surface area contributed by atoms with Crippen LogP contribution in [0.1, 0.15) is 132 Å². The first-order valence-corrected chi connectivity index (χ1v) is 33.9. The van der Waals surface area contributed by atoms with Crippen molar-refractivity contribution in [3.8, 4) is 43.4 Å². The molecule has 1 aliphatic carbocycles. The lowest BCUT2D eigenvalue weighted by Gasteiger charge is -2.33. The number of aliphatic hydroxyl groups excluding tert-OH is 1. The van der Waals surface area contributed by atoms with E-state index in [2.05, 4.69) is 37.2 Å². The first-order valence-electron chi connectivity index (χ1n) is 28.8. The van der Waals surface area contributed by atoms with Crippen LogP contribution in [0.25, 0.3) is 43.4 Å². The highest BCUT2D eigenvalue weighted by atomic mass is 32.1. The fraction of sp³-hybridized carbons (Fsp3) is 0.390. The molecule has 9 heterocycles. The molecule has 24 nitrogen and oxygen atoms in total. The summed E-state index contributed by atoms with van der Waals surface area (Å²) >= 11 is 7.29. The number of carbonyl (C=O) groups is 7. The van der Waals surface area contributed by atoms with Gasteiger partial charge in [0.25, 0.3) is 17.7 Å². The van der Waals surface area contributed by atoms with E-state index >= 15 is 0 Å². The number of methoxy groups -OCH3 is 1. The molecule has 0 unspecified atom stereocenters. The number of pyridine rings is 1. The number of hydrogen-bond donors (Lipinski definition) is 8. The molecule has 2 fully saturated rings. The number of nitrogens with one attached hydrogen (secondary N) is 7. The average Bonchev–Trinajstić information content (AvgIpc) is 2.17. The number of aryl methyl sites for hydroxylation is 1. The maximum absolute atomic E-state index is 14.4. The van der Waals surface area contributed by atoms with Crippen LogP contribution in [-0.4, -0.2) is 133 Å². The van der Waals surface area contributed by atoms with Crippen LogP contribution >= 0.6 is 68.0 Å². The van der Waals surface area contributed by atoms with E-state index in [-0.39, 0.29) is 59.7 Å². The lowest BCUT2D eigenvalue weighted by molar-refractivity contribution is -0.138. The van der Waals surface area contributed by atoms with Crippen molar-refractivity contribution < 1.29 is 43.4 Å². The molecule has 1 aromatic carbocycles. The predicted octanol–water partition coefficient (Wildman–Crippen LogP) is 7.49. The molecule has 4 atom stereocenters. The molecule has 7 aromatic heterocycles. The number of ether oxygens (including phenoxy) is 1. The molecule has 8 N–H and O–H groups in total. The van der Waals surface area contributed by atoms with E-state index in [1.807, 2.05) is 36.3 Å². The molecule has 10 bridgehead atoms. The number of amides is 7. The third-order valence-corrected chi connectivity index (χ3v) is 21.1. The zero-order valence-electron chi connectivity index (χ0n) is 48.9. The van der Waals surface area contributed by atoms with Gasteiger partial charge in [-0.15, -0.1) is 68.0 Å². The predicted molar refractivity (Wildman–Crippen MR) is 340 cm³/mol. The molecule has 8 aromatic rings. The van der Waals surface area contributed by atoms with Gasteiger partial charge in [-0.3, -0.25) is 33.6 Å². The molecule has 1 saturated heterocycles. The number of rotatable bonds is 11. The van der Waals surface area contributed by atoms with Crippen LogP contribution in [-0.2, 0) is 30.5 Å². The first kappa shape index (κ1) is 62.9. The molecule has 0 spiro atoms. The molecule has 11 rings (SSSR count). The maximum Gasteiger partial charge on any atom is 0.271 e. The van der Waals surface area contributed by atoms with Crippen LogP contribution < -0.4 is 37.2 Å². The molecule has 7 amide bonds. The highest BCUT2D eigenvalue weighted by Gasteiger charge is 2.35. The highest BCUT2D eigenvalue weighted by Crippen LogP contribution is 2.41. The van der Waals surface area contributed by atoms with Crippen molar-refractivity contribution in [2.75, 3.05) is 52.2 Å². The largest absolute Gasteiger partial charge is 0.386 e. The number of aromatic nitrogens is 7. The summed E-state index contributed by atoms with van der Waals surface area (Å²) in [6.07, 6.45) is 0.992. The van der Waals surface area contributed by atoms with Crippen LogP contribution in [0.15, 0.2) is 64.0 Å². The highest BCUT2D eigenvalue weighted by molar-refractivity contribution is 7.15. The number of anilines is 1. The van der Waals surface area contributed by atoms with E-state index < -0.39 is 60.3 Å². The van der Waals surface area contributed by atoms with Gasteiger partial charge in [0.05, 0.1) is 42.2 Å². The second-order valence-corrected chi connectivity index (χ2v) is 27.6. The lowest BCUT2D eigenvalue weighted by Crippen LogP contribution is -2.49. The Hall–Kier alpha value is -7.68. The van der Waals surface area contributed by atoms with E-state index in [0.29, 0.717) is 118 Å². The van der Waals surface area contributed by atoms with Gasteiger partial charge >= 0.3 is 0 Å². The minimum absolute atomic E-state index is 0.00195. The van der Waals surface area contributed by atoms with Crippen molar-refractivity contribution in [1.29, 1.82) is 0 Å². The molecule has 89 heavy (non-hydrogen) atoms. The van der Waals surface area contributed by atoms with Gasteiger partial charge in [-0.25, -0.2) is 34.9 Å². The third-order valence-electron chi connectivity index (χ3n) is 15.4. The standard InChI is InChI=1S/C59H63N15O9S6/c1-28(2)43-58-73-46(39(89-58)23-83-5)51(80)62-22-42(76)70-47(48(77)30-9-7-6-8-10-30)57-67-38(26-86-57)55-65-36(24-85-55)45-33(53-66-37(25-84-53)50(79)64-35(21-41(75)60-4)56-72-44(29(3)88-56)52(81)71-43)15-16-34(63-45)54-69-40(27-87-54)68-49(78)31-11-13-32(14-12-31)59(82)74-19-17-61-18-20-74/h6-10,15-16,24-28,31-32,35,43,47-48,61,77H,11-14,17-23H2,1-5H3,(H,60,75)(H,62,80)(H,64,79)(H,68,78)(H,70,76)(H,71,81)/t31?,32?,35-,43-,47-,48-/m0/s1. The van der Waals surface area contributed by atoms with Crippen LogP contribution in [0.4, 0.5) is 5.82 Å². The SMILES string of the molecule is CNC(=O)C[C@@H]1NC(=O)c2csc(n2)-c2ccc(-c3nc(NC(=O)C4CCC(C(=O)N5CCNCC5)CC4)cs3)nc2-c2csc(n2)-c2csc(n2)[C@H]([C@@H](O)c2ccccc2)NC(=O)CNC(=O)c2nc(sc2COC)[C@H](C(C)C)NC(=O)c2nc1sc2C. The summed E-state index contributed by atoms with van der Waals surface area (Å²) in [4.78, 5) is 134.